The maximum atomic E-state index is 4.51. The molecule has 0 amide bonds. The van der Waals surface area contributed by atoms with Gasteiger partial charge in [0.25, 0.3) is 0 Å². The monoisotopic (exact) mass is 316 g/mol. The minimum Gasteiger partial charge on any atom is -0.303 e. The van der Waals surface area contributed by atoms with Gasteiger partial charge in [-0.05, 0) is 52.1 Å². The molecule has 0 N–H and O–H groups in total. The third-order valence-corrected chi connectivity index (χ3v) is 4.79. The molecular formula is C17H28N6. The van der Waals surface area contributed by atoms with E-state index in [2.05, 4.69) is 42.4 Å². The van der Waals surface area contributed by atoms with Crippen molar-refractivity contribution < 1.29 is 0 Å². The lowest BCUT2D eigenvalue weighted by atomic mass is 9.98. The highest BCUT2D eigenvalue weighted by Crippen LogP contribution is 2.19. The van der Waals surface area contributed by atoms with E-state index in [9.17, 15) is 0 Å². The summed E-state index contributed by atoms with van der Waals surface area (Å²) in [7, 11) is 0. The Morgan fingerprint density at radius 1 is 1.26 bits per heavy atom. The smallest absolute Gasteiger partial charge is 0.147 e. The molecule has 6 nitrogen and oxygen atoms in total. The summed E-state index contributed by atoms with van der Waals surface area (Å²) in [5.74, 6) is 2.59. The molecule has 0 spiro atoms. The zero-order valence-electron chi connectivity index (χ0n) is 14.6. The third-order valence-electron chi connectivity index (χ3n) is 4.79. The molecule has 2 aromatic heterocycles. The van der Waals surface area contributed by atoms with Crippen LogP contribution in [0.4, 0.5) is 0 Å². The van der Waals surface area contributed by atoms with E-state index in [1.54, 1.807) is 0 Å². The van der Waals surface area contributed by atoms with Gasteiger partial charge in [-0.2, -0.15) is 10.2 Å². The highest BCUT2D eigenvalue weighted by Gasteiger charge is 2.21. The van der Waals surface area contributed by atoms with Crippen LogP contribution in [0, 0.1) is 19.8 Å². The number of rotatable bonds is 6. The fourth-order valence-electron chi connectivity index (χ4n) is 3.61. The van der Waals surface area contributed by atoms with Gasteiger partial charge in [-0.25, -0.2) is 9.67 Å². The molecule has 1 aliphatic rings. The maximum absolute atomic E-state index is 4.51. The Morgan fingerprint density at radius 2 is 2.13 bits per heavy atom. The molecule has 1 saturated heterocycles. The number of likely N-dealkylation sites (tertiary alicyclic amines) is 1. The Hall–Kier alpha value is -1.69. The maximum Gasteiger partial charge on any atom is 0.147 e. The summed E-state index contributed by atoms with van der Waals surface area (Å²) < 4.78 is 4.18. The summed E-state index contributed by atoms with van der Waals surface area (Å²) in [5.41, 5.74) is 1.34. The Bertz CT molecular complexity index is 629. The van der Waals surface area contributed by atoms with E-state index in [1.807, 2.05) is 20.0 Å². The first kappa shape index (κ1) is 16.2. The minimum atomic E-state index is 0.680. The van der Waals surface area contributed by atoms with Crippen LogP contribution in [0.15, 0.2) is 12.3 Å². The Balaban J connectivity index is 1.53. The predicted octanol–water partition coefficient (Wildman–Crippen LogP) is 2.07. The van der Waals surface area contributed by atoms with Gasteiger partial charge < -0.3 is 4.90 Å². The Kier molecular flexibility index (Phi) is 5.10. The molecule has 0 unspecified atom stereocenters. The molecular weight excluding hydrogens is 288 g/mol. The largest absolute Gasteiger partial charge is 0.303 e. The number of nitrogens with zero attached hydrogens (tertiary/aromatic N) is 6. The van der Waals surface area contributed by atoms with Crippen LogP contribution in [0.25, 0.3) is 0 Å². The van der Waals surface area contributed by atoms with Gasteiger partial charge in [0, 0.05) is 44.5 Å². The van der Waals surface area contributed by atoms with Crippen molar-refractivity contribution in [2.75, 3.05) is 19.6 Å². The molecule has 0 saturated carbocycles. The van der Waals surface area contributed by atoms with E-state index in [1.165, 1.54) is 31.6 Å². The fraction of sp³-hybridized carbons (Fsp3) is 0.706. The van der Waals surface area contributed by atoms with Gasteiger partial charge in [0.15, 0.2) is 0 Å². The van der Waals surface area contributed by atoms with E-state index >= 15 is 0 Å². The van der Waals surface area contributed by atoms with Crippen LogP contribution < -0.4 is 0 Å². The van der Waals surface area contributed by atoms with E-state index in [4.69, 9.17) is 0 Å². The molecule has 1 atom stereocenters. The van der Waals surface area contributed by atoms with Gasteiger partial charge >= 0.3 is 0 Å². The van der Waals surface area contributed by atoms with Crippen molar-refractivity contribution >= 4 is 0 Å². The van der Waals surface area contributed by atoms with Crippen LogP contribution >= 0.6 is 0 Å². The van der Waals surface area contributed by atoms with Gasteiger partial charge in [-0.15, -0.1) is 0 Å². The minimum absolute atomic E-state index is 0.680. The lowest BCUT2D eigenvalue weighted by Crippen LogP contribution is -2.38. The number of hydrogen-bond acceptors (Lipinski definition) is 4. The molecule has 1 fully saturated rings. The second-order valence-electron chi connectivity index (χ2n) is 6.59. The van der Waals surface area contributed by atoms with Gasteiger partial charge in [0.1, 0.15) is 11.6 Å². The Morgan fingerprint density at radius 3 is 2.87 bits per heavy atom. The second kappa shape index (κ2) is 7.25. The predicted molar refractivity (Wildman–Crippen MR) is 90.3 cm³/mol. The fourth-order valence-corrected chi connectivity index (χ4v) is 3.61. The van der Waals surface area contributed by atoms with Crippen LogP contribution in [0.2, 0.25) is 0 Å². The van der Waals surface area contributed by atoms with E-state index in [0.717, 1.165) is 37.7 Å². The molecule has 23 heavy (non-hydrogen) atoms. The normalized spacial score (nSPS) is 19.3. The molecule has 2 aromatic rings. The topological polar surface area (TPSA) is 51.8 Å². The summed E-state index contributed by atoms with van der Waals surface area (Å²) in [4.78, 5) is 7.01. The van der Waals surface area contributed by atoms with Crippen molar-refractivity contribution in [1.82, 2.24) is 29.4 Å². The van der Waals surface area contributed by atoms with Crippen LogP contribution in [-0.4, -0.2) is 49.1 Å². The zero-order valence-corrected chi connectivity index (χ0v) is 14.6. The first-order valence-electron chi connectivity index (χ1n) is 8.76. The number of aryl methyl sites for hydroxylation is 3. The summed E-state index contributed by atoms with van der Waals surface area (Å²) >= 11 is 0. The van der Waals surface area contributed by atoms with Crippen LogP contribution in [0.3, 0.4) is 0 Å². The molecule has 6 heteroatoms. The van der Waals surface area contributed by atoms with Crippen molar-refractivity contribution in [2.24, 2.45) is 5.92 Å². The average molecular weight is 316 g/mol. The van der Waals surface area contributed by atoms with Crippen molar-refractivity contribution in [2.45, 2.75) is 53.1 Å². The molecule has 3 rings (SSSR count). The summed E-state index contributed by atoms with van der Waals surface area (Å²) in [6, 6.07) is 2.15. The van der Waals surface area contributed by atoms with E-state index in [-0.39, 0.29) is 0 Å². The number of piperidine rings is 1. The average Bonchev–Trinajstić information content (AvgIpc) is 3.11. The van der Waals surface area contributed by atoms with Crippen LogP contribution in [0.1, 0.15) is 37.1 Å². The van der Waals surface area contributed by atoms with E-state index < -0.39 is 0 Å². The van der Waals surface area contributed by atoms with Crippen molar-refractivity contribution in [3.63, 3.8) is 0 Å². The molecule has 0 aromatic carbocycles. The molecule has 3 heterocycles. The first-order valence-corrected chi connectivity index (χ1v) is 8.76. The number of hydrogen-bond donors (Lipinski definition) is 0. The van der Waals surface area contributed by atoms with Gasteiger partial charge in [-0.1, -0.05) is 0 Å². The summed E-state index contributed by atoms with van der Waals surface area (Å²) in [6.07, 6.45) is 5.57. The van der Waals surface area contributed by atoms with Crippen molar-refractivity contribution in [3.05, 3.63) is 29.6 Å². The van der Waals surface area contributed by atoms with Gasteiger partial charge in [0.2, 0.25) is 0 Å². The summed E-state index contributed by atoms with van der Waals surface area (Å²) in [6.45, 7) is 11.6. The molecule has 0 bridgehead atoms. The van der Waals surface area contributed by atoms with Crippen LogP contribution in [0.5, 0.6) is 0 Å². The standard InChI is InChI=1S/C17H28N6/c1-4-22-17(7-9-18-22)8-11-21-10-5-6-16(12-21)13-23-15(3)19-14(2)20-23/h7,9,16H,4-6,8,10-13H2,1-3H3/t16-/m0/s1. The zero-order chi connectivity index (χ0) is 16.2. The quantitative estimate of drug-likeness (QED) is 0.818. The lowest BCUT2D eigenvalue weighted by Gasteiger charge is -2.32. The molecule has 126 valence electrons. The molecule has 0 radical (unpaired) electrons. The number of aromatic nitrogens is 5. The van der Waals surface area contributed by atoms with E-state index in [0.29, 0.717) is 5.92 Å². The highest BCUT2D eigenvalue weighted by atomic mass is 15.3. The van der Waals surface area contributed by atoms with Crippen molar-refractivity contribution in [3.8, 4) is 0 Å². The summed E-state index contributed by atoms with van der Waals surface area (Å²) in [5, 5.41) is 8.87. The first-order chi connectivity index (χ1) is 11.2. The lowest BCUT2D eigenvalue weighted by molar-refractivity contribution is 0.160. The molecule has 0 aliphatic carbocycles. The van der Waals surface area contributed by atoms with Crippen molar-refractivity contribution in [1.29, 1.82) is 0 Å². The SMILES string of the molecule is CCn1nccc1CCN1CCC[C@H](Cn2nc(C)nc2C)C1. The third kappa shape index (κ3) is 3.99. The van der Waals surface area contributed by atoms with Crippen LogP contribution in [-0.2, 0) is 19.5 Å². The van der Waals surface area contributed by atoms with Gasteiger partial charge in [0.05, 0.1) is 0 Å². The Labute approximate surface area is 138 Å². The molecule has 1 aliphatic heterocycles. The second-order valence-corrected chi connectivity index (χ2v) is 6.59. The van der Waals surface area contributed by atoms with Gasteiger partial charge in [-0.3, -0.25) is 4.68 Å². The highest BCUT2D eigenvalue weighted by molar-refractivity contribution is 5.01.